The highest BCUT2D eigenvalue weighted by atomic mass is 16.5. The van der Waals surface area contributed by atoms with Crippen molar-refractivity contribution in [3.05, 3.63) is 90.0 Å². The number of amides is 1. The molecule has 0 aliphatic carbocycles. The summed E-state index contributed by atoms with van der Waals surface area (Å²) in [5.74, 6) is 0.472. The Hall–Kier alpha value is -4.52. The molecular weight excluding hydrogens is 516 g/mol. The normalized spacial score (nSPS) is 13.9. The molecule has 1 aliphatic rings. The van der Waals surface area contributed by atoms with Crippen molar-refractivity contribution >= 4 is 11.6 Å². The predicted octanol–water partition coefficient (Wildman–Crippen LogP) is 5.01. The summed E-state index contributed by atoms with van der Waals surface area (Å²) in [6, 6.07) is 17.1. The van der Waals surface area contributed by atoms with Crippen LogP contribution in [0.15, 0.2) is 73.3 Å². The Morgan fingerprint density at radius 1 is 1.10 bits per heavy atom. The Balaban J connectivity index is 1.28. The minimum atomic E-state index is -0.685. The molecule has 0 spiro atoms. The largest absolute Gasteiger partial charge is 0.491 e. The molecule has 1 aliphatic heterocycles. The lowest BCUT2D eigenvalue weighted by atomic mass is 9.85. The fraction of sp³-hybridized carbons (Fsp3) is 0.312. The molecule has 210 valence electrons. The lowest BCUT2D eigenvalue weighted by Crippen LogP contribution is -2.38. The average molecular weight is 551 g/mol. The molecule has 4 aromatic rings. The van der Waals surface area contributed by atoms with E-state index in [0.29, 0.717) is 23.6 Å². The number of hydrogen-bond acceptors (Lipinski definition) is 7. The lowest BCUT2D eigenvalue weighted by molar-refractivity contribution is 0.0322. The van der Waals surface area contributed by atoms with E-state index in [-0.39, 0.29) is 5.91 Å². The van der Waals surface area contributed by atoms with Gasteiger partial charge >= 0.3 is 0 Å². The van der Waals surface area contributed by atoms with Crippen molar-refractivity contribution < 1.29 is 14.3 Å². The van der Waals surface area contributed by atoms with E-state index in [1.54, 1.807) is 41.5 Å². The molecule has 1 N–H and O–H groups in total. The maximum Gasteiger partial charge on any atom is 0.255 e. The zero-order valence-electron chi connectivity index (χ0n) is 23.6. The first-order chi connectivity index (χ1) is 19.8. The van der Waals surface area contributed by atoms with Crippen molar-refractivity contribution in [2.75, 3.05) is 44.8 Å². The zero-order chi connectivity index (χ0) is 28.8. The number of carbonyl (C=O) groups excluding carboxylic acids is 1. The van der Waals surface area contributed by atoms with Crippen LogP contribution in [0.1, 0.15) is 35.3 Å². The first-order valence-corrected chi connectivity index (χ1v) is 13.7. The van der Waals surface area contributed by atoms with Gasteiger partial charge in [-0.05, 0) is 62.2 Å². The topological polar surface area (TPSA) is 105 Å². The first-order valence-electron chi connectivity index (χ1n) is 13.7. The third-order valence-corrected chi connectivity index (χ3v) is 7.25. The highest BCUT2D eigenvalue weighted by Crippen LogP contribution is 2.26. The SMILES string of the molecule is Cc1ccc(NC(=O)c2cccc(C(C)(C)C#N)c2)cc1-n1cc(-c2cncc(OCCN3CCOCC3)c2)cn1. The molecule has 2 aromatic carbocycles. The summed E-state index contributed by atoms with van der Waals surface area (Å²) in [7, 11) is 0. The Bertz CT molecular complexity index is 1570. The van der Waals surface area contributed by atoms with Crippen molar-refractivity contribution in [1.29, 1.82) is 5.26 Å². The number of morpholine rings is 1. The van der Waals surface area contributed by atoms with Gasteiger partial charge in [-0.25, -0.2) is 4.68 Å². The summed E-state index contributed by atoms with van der Waals surface area (Å²) < 4.78 is 13.2. The molecule has 3 heterocycles. The molecular formula is C32H34N6O3. The summed E-state index contributed by atoms with van der Waals surface area (Å²) in [4.78, 5) is 19.8. The summed E-state index contributed by atoms with van der Waals surface area (Å²) in [6.07, 6.45) is 7.25. The monoisotopic (exact) mass is 550 g/mol. The lowest BCUT2D eigenvalue weighted by Gasteiger charge is -2.26. The standard InChI is InChI=1S/C32H34N6O3/c1-23-7-8-28(36-31(39)24-5-4-6-27(15-24)32(2,3)22-33)17-30(23)38-21-26(19-35-38)25-16-29(20-34-18-25)41-14-11-37-9-12-40-13-10-37/h4-8,15-21H,9-14H2,1-3H3,(H,36,39). The van der Waals surface area contributed by atoms with Crippen molar-refractivity contribution in [1.82, 2.24) is 19.7 Å². The summed E-state index contributed by atoms with van der Waals surface area (Å²) in [5.41, 5.74) is 4.92. The molecule has 1 fully saturated rings. The number of nitrogens with one attached hydrogen (secondary N) is 1. The Kier molecular flexibility index (Phi) is 8.43. The fourth-order valence-corrected chi connectivity index (χ4v) is 4.63. The maximum atomic E-state index is 13.1. The molecule has 41 heavy (non-hydrogen) atoms. The van der Waals surface area contributed by atoms with Crippen molar-refractivity contribution in [3.8, 4) is 28.6 Å². The van der Waals surface area contributed by atoms with Gasteiger partial charge in [-0.2, -0.15) is 10.4 Å². The van der Waals surface area contributed by atoms with E-state index >= 15 is 0 Å². The van der Waals surface area contributed by atoms with E-state index in [1.807, 2.05) is 57.3 Å². The van der Waals surface area contributed by atoms with Crippen LogP contribution in [-0.2, 0) is 10.2 Å². The van der Waals surface area contributed by atoms with Crippen molar-refractivity contribution in [2.45, 2.75) is 26.2 Å². The summed E-state index contributed by atoms with van der Waals surface area (Å²) in [6.45, 7) is 10.5. The molecule has 9 nitrogen and oxygen atoms in total. The van der Waals surface area contributed by atoms with E-state index in [9.17, 15) is 10.1 Å². The highest BCUT2D eigenvalue weighted by Gasteiger charge is 2.21. The van der Waals surface area contributed by atoms with E-state index in [2.05, 4.69) is 26.4 Å². The van der Waals surface area contributed by atoms with Gasteiger partial charge in [-0.1, -0.05) is 18.2 Å². The van der Waals surface area contributed by atoms with Gasteiger partial charge in [-0.3, -0.25) is 14.7 Å². The smallest absolute Gasteiger partial charge is 0.255 e. The number of nitriles is 1. The average Bonchev–Trinajstić information content (AvgIpc) is 3.49. The Morgan fingerprint density at radius 3 is 2.73 bits per heavy atom. The highest BCUT2D eigenvalue weighted by molar-refractivity contribution is 6.04. The molecule has 2 aromatic heterocycles. The second kappa shape index (κ2) is 12.3. The van der Waals surface area contributed by atoms with Gasteiger partial charge in [0, 0.05) is 54.4 Å². The number of carbonyl (C=O) groups is 1. The molecule has 9 heteroatoms. The van der Waals surface area contributed by atoms with E-state index in [0.717, 1.165) is 60.8 Å². The van der Waals surface area contributed by atoms with Crippen LogP contribution in [0.25, 0.3) is 16.8 Å². The van der Waals surface area contributed by atoms with E-state index in [1.165, 1.54) is 0 Å². The van der Waals surface area contributed by atoms with E-state index < -0.39 is 5.41 Å². The van der Waals surface area contributed by atoms with Gasteiger partial charge in [0.15, 0.2) is 0 Å². The minimum absolute atomic E-state index is 0.243. The van der Waals surface area contributed by atoms with Crippen LogP contribution in [0.5, 0.6) is 5.75 Å². The molecule has 1 saturated heterocycles. The van der Waals surface area contributed by atoms with Gasteiger partial charge in [0.1, 0.15) is 12.4 Å². The molecule has 1 amide bonds. The van der Waals surface area contributed by atoms with Gasteiger partial charge in [-0.15, -0.1) is 0 Å². The number of anilines is 1. The second-order valence-electron chi connectivity index (χ2n) is 10.7. The Morgan fingerprint density at radius 2 is 1.93 bits per heavy atom. The molecule has 0 unspecified atom stereocenters. The maximum absolute atomic E-state index is 13.1. The number of rotatable bonds is 9. The zero-order valence-corrected chi connectivity index (χ0v) is 23.6. The van der Waals surface area contributed by atoms with Crippen LogP contribution in [0.2, 0.25) is 0 Å². The van der Waals surface area contributed by atoms with Crippen LogP contribution in [0, 0.1) is 18.3 Å². The molecule has 5 rings (SSSR count). The minimum Gasteiger partial charge on any atom is -0.491 e. The fourth-order valence-electron chi connectivity index (χ4n) is 4.63. The number of hydrogen-bond donors (Lipinski definition) is 1. The Labute approximate surface area is 240 Å². The number of ether oxygens (including phenoxy) is 2. The van der Waals surface area contributed by atoms with Gasteiger partial charge in [0.25, 0.3) is 5.91 Å². The quantitative estimate of drug-likeness (QED) is 0.312. The van der Waals surface area contributed by atoms with Crippen LogP contribution >= 0.6 is 0 Å². The van der Waals surface area contributed by atoms with E-state index in [4.69, 9.17) is 9.47 Å². The molecule has 0 radical (unpaired) electrons. The third-order valence-electron chi connectivity index (χ3n) is 7.25. The van der Waals surface area contributed by atoms with Crippen molar-refractivity contribution in [2.24, 2.45) is 0 Å². The van der Waals surface area contributed by atoms with Crippen LogP contribution in [-0.4, -0.2) is 65.0 Å². The number of aromatic nitrogens is 3. The number of nitrogens with zero attached hydrogens (tertiary/aromatic N) is 5. The second-order valence-corrected chi connectivity index (χ2v) is 10.7. The van der Waals surface area contributed by atoms with Crippen LogP contribution < -0.4 is 10.1 Å². The van der Waals surface area contributed by atoms with Crippen LogP contribution in [0.3, 0.4) is 0 Å². The molecule has 0 saturated carbocycles. The van der Waals surface area contributed by atoms with Gasteiger partial charge in [0.05, 0.1) is 42.8 Å². The number of aryl methyl sites for hydroxylation is 1. The first kappa shape index (κ1) is 28.0. The van der Waals surface area contributed by atoms with Gasteiger partial charge < -0.3 is 14.8 Å². The number of pyridine rings is 1. The van der Waals surface area contributed by atoms with Crippen LogP contribution in [0.4, 0.5) is 5.69 Å². The predicted molar refractivity (Wildman–Crippen MR) is 157 cm³/mol. The third kappa shape index (κ3) is 6.80. The summed E-state index contributed by atoms with van der Waals surface area (Å²) in [5, 5.41) is 17.0. The number of benzene rings is 2. The van der Waals surface area contributed by atoms with Crippen molar-refractivity contribution in [3.63, 3.8) is 0 Å². The molecule has 0 atom stereocenters. The molecule has 0 bridgehead atoms. The van der Waals surface area contributed by atoms with Gasteiger partial charge in [0.2, 0.25) is 0 Å². The summed E-state index contributed by atoms with van der Waals surface area (Å²) >= 11 is 0.